The van der Waals surface area contributed by atoms with E-state index in [-0.39, 0.29) is 0 Å². The van der Waals surface area contributed by atoms with Gasteiger partial charge >= 0.3 is 0 Å². The summed E-state index contributed by atoms with van der Waals surface area (Å²) in [6.07, 6.45) is 5.96. The molecule has 0 radical (unpaired) electrons. The van der Waals surface area contributed by atoms with Crippen molar-refractivity contribution in [2.24, 2.45) is 0 Å². The highest BCUT2D eigenvalue weighted by atomic mass is 35.5. The molecular formula is C8H16ClNS. The van der Waals surface area contributed by atoms with E-state index in [0.717, 1.165) is 12.4 Å². The summed E-state index contributed by atoms with van der Waals surface area (Å²) in [5, 5.41) is 3.51. The zero-order chi connectivity index (χ0) is 8.16. The van der Waals surface area contributed by atoms with Crippen LogP contribution < -0.4 is 5.32 Å². The molecule has 1 saturated carbocycles. The molecule has 11 heavy (non-hydrogen) atoms. The Hall–Kier alpha value is 0.600. The van der Waals surface area contributed by atoms with Crippen LogP contribution in [-0.2, 0) is 0 Å². The minimum Gasteiger partial charge on any atom is -0.310 e. The fourth-order valence-corrected chi connectivity index (χ4v) is 1.87. The summed E-state index contributed by atoms with van der Waals surface area (Å²) in [5.41, 5.74) is 0.347. The molecule has 0 aliphatic heterocycles. The van der Waals surface area contributed by atoms with Crippen molar-refractivity contribution in [2.75, 3.05) is 24.4 Å². The third kappa shape index (κ3) is 3.22. The van der Waals surface area contributed by atoms with E-state index < -0.39 is 0 Å². The molecule has 0 aromatic rings. The van der Waals surface area contributed by atoms with Crippen molar-refractivity contribution in [3.8, 4) is 0 Å². The van der Waals surface area contributed by atoms with E-state index in [0.29, 0.717) is 5.54 Å². The summed E-state index contributed by atoms with van der Waals surface area (Å²) >= 11 is 7.71. The predicted octanol–water partition coefficient (Wildman–Crippen LogP) is 2.10. The maximum absolute atomic E-state index is 5.80. The quantitative estimate of drug-likeness (QED) is 0.512. The van der Waals surface area contributed by atoms with E-state index in [9.17, 15) is 0 Å². The number of nitrogens with one attached hydrogen (secondary N) is 1. The number of hydrogen-bond donors (Lipinski definition) is 1. The highest BCUT2D eigenvalue weighted by Crippen LogP contribution is 2.36. The van der Waals surface area contributed by atoms with E-state index in [4.69, 9.17) is 11.6 Å². The molecule has 1 nitrogen and oxygen atoms in total. The van der Waals surface area contributed by atoms with Crippen molar-refractivity contribution < 1.29 is 0 Å². The van der Waals surface area contributed by atoms with Gasteiger partial charge in [0.2, 0.25) is 0 Å². The van der Waals surface area contributed by atoms with E-state index >= 15 is 0 Å². The number of thioether (sulfide) groups is 1. The van der Waals surface area contributed by atoms with Crippen molar-refractivity contribution in [3.05, 3.63) is 0 Å². The zero-order valence-corrected chi connectivity index (χ0v) is 8.60. The highest BCUT2D eigenvalue weighted by Gasteiger charge is 2.40. The van der Waals surface area contributed by atoms with Gasteiger partial charge in [-0.2, -0.15) is 11.8 Å². The second-order valence-electron chi connectivity index (χ2n) is 3.19. The minimum absolute atomic E-state index is 0.347. The number of rotatable bonds is 6. The smallest absolute Gasteiger partial charge is 0.0406 e. The van der Waals surface area contributed by atoms with Gasteiger partial charge in [0.1, 0.15) is 0 Å². The second kappa shape index (κ2) is 4.58. The molecule has 0 saturated heterocycles. The van der Waals surface area contributed by atoms with Crippen LogP contribution in [0.25, 0.3) is 0 Å². The van der Waals surface area contributed by atoms with Crippen LogP contribution in [0.15, 0.2) is 0 Å². The summed E-state index contributed by atoms with van der Waals surface area (Å²) in [4.78, 5) is 0. The summed E-state index contributed by atoms with van der Waals surface area (Å²) in [7, 11) is 0. The van der Waals surface area contributed by atoms with Crippen LogP contribution in [-0.4, -0.2) is 30.0 Å². The van der Waals surface area contributed by atoms with E-state index in [1.54, 1.807) is 0 Å². The van der Waals surface area contributed by atoms with E-state index in [2.05, 4.69) is 11.6 Å². The molecule has 0 amide bonds. The van der Waals surface area contributed by atoms with Gasteiger partial charge in [0.05, 0.1) is 0 Å². The zero-order valence-electron chi connectivity index (χ0n) is 7.03. The van der Waals surface area contributed by atoms with Crippen molar-refractivity contribution >= 4 is 23.4 Å². The number of alkyl halides is 1. The Morgan fingerprint density at radius 2 is 2.27 bits per heavy atom. The normalized spacial score (nSPS) is 20.2. The molecule has 1 N–H and O–H groups in total. The molecule has 0 aromatic heterocycles. The van der Waals surface area contributed by atoms with Crippen LogP contribution in [0.4, 0.5) is 0 Å². The lowest BCUT2D eigenvalue weighted by Crippen LogP contribution is -2.33. The van der Waals surface area contributed by atoms with Crippen LogP contribution >= 0.6 is 23.4 Å². The van der Waals surface area contributed by atoms with Crippen LogP contribution in [0.1, 0.15) is 19.3 Å². The number of halogens is 1. The molecule has 1 rings (SSSR count). The molecule has 3 heteroatoms. The minimum atomic E-state index is 0.347. The summed E-state index contributed by atoms with van der Waals surface area (Å²) in [6.45, 7) is 1.13. The monoisotopic (exact) mass is 193 g/mol. The van der Waals surface area contributed by atoms with Crippen LogP contribution in [0.5, 0.6) is 0 Å². The molecule has 0 aromatic carbocycles. The predicted molar refractivity (Wildman–Crippen MR) is 53.7 cm³/mol. The van der Waals surface area contributed by atoms with Gasteiger partial charge in [0.15, 0.2) is 0 Å². The largest absolute Gasteiger partial charge is 0.310 e. The molecule has 1 aliphatic carbocycles. The topological polar surface area (TPSA) is 12.0 Å². The van der Waals surface area contributed by atoms with Gasteiger partial charge in [-0.15, -0.1) is 11.6 Å². The van der Waals surface area contributed by atoms with Crippen LogP contribution in [0.2, 0.25) is 0 Å². The first-order valence-electron chi connectivity index (χ1n) is 4.13. The van der Waals surface area contributed by atoms with Gasteiger partial charge < -0.3 is 5.32 Å². The van der Waals surface area contributed by atoms with Gasteiger partial charge in [-0.25, -0.2) is 0 Å². The Morgan fingerprint density at radius 1 is 1.55 bits per heavy atom. The first-order valence-corrected chi connectivity index (χ1v) is 6.06. The maximum Gasteiger partial charge on any atom is 0.0406 e. The fourth-order valence-electron chi connectivity index (χ4n) is 1.08. The standard InChI is InChI=1S/C8H16ClNS/c1-11-6-2-5-10-8(7-9)3-4-8/h10H,2-7H2,1H3. The van der Waals surface area contributed by atoms with Gasteiger partial charge in [-0.1, -0.05) is 0 Å². The molecule has 1 fully saturated rings. The van der Waals surface area contributed by atoms with Gasteiger partial charge in [0.25, 0.3) is 0 Å². The highest BCUT2D eigenvalue weighted by molar-refractivity contribution is 7.98. The summed E-state index contributed by atoms with van der Waals surface area (Å²) in [5.74, 6) is 2.04. The van der Waals surface area contributed by atoms with Crippen molar-refractivity contribution in [1.82, 2.24) is 5.32 Å². The Labute approximate surface area is 78.3 Å². The molecule has 0 unspecified atom stereocenters. The second-order valence-corrected chi connectivity index (χ2v) is 4.44. The summed E-state index contributed by atoms with van der Waals surface area (Å²) in [6, 6.07) is 0. The lowest BCUT2D eigenvalue weighted by Gasteiger charge is -2.12. The first-order chi connectivity index (χ1) is 5.33. The maximum atomic E-state index is 5.80. The van der Waals surface area contributed by atoms with Gasteiger partial charge in [0, 0.05) is 11.4 Å². The molecule has 0 bridgehead atoms. The molecule has 66 valence electrons. The lowest BCUT2D eigenvalue weighted by molar-refractivity contribution is 0.542. The Bertz CT molecular complexity index is 115. The van der Waals surface area contributed by atoms with Gasteiger partial charge in [-0.3, -0.25) is 0 Å². The molecule has 0 heterocycles. The van der Waals surface area contributed by atoms with Crippen molar-refractivity contribution in [3.63, 3.8) is 0 Å². The van der Waals surface area contributed by atoms with Crippen molar-refractivity contribution in [1.29, 1.82) is 0 Å². The third-order valence-corrected chi connectivity index (χ3v) is 3.34. The molecule has 0 spiro atoms. The lowest BCUT2D eigenvalue weighted by atomic mass is 10.3. The molecule has 0 atom stereocenters. The SMILES string of the molecule is CSCCCNC1(CCl)CC1. The first kappa shape index (κ1) is 9.69. The van der Waals surface area contributed by atoms with Crippen LogP contribution in [0, 0.1) is 0 Å². The Morgan fingerprint density at radius 3 is 2.73 bits per heavy atom. The average Bonchev–Trinajstić information content (AvgIpc) is 2.80. The van der Waals surface area contributed by atoms with Crippen molar-refractivity contribution in [2.45, 2.75) is 24.8 Å². The summed E-state index contributed by atoms with van der Waals surface area (Å²) < 4.78 is 0. The average molecular weight is 194 g/mol. The van der Waals surface area contributed by atoms with E-state index in [1.807, 2.05) is 11.8 Å². The Balaban J connectivity index is 1.94. The molecule has 1 aliphatic rings. The molecular weight excluding hydrogens is 178 g/mol. The van der Waals surface area contributed by atoms with Gasteiger partial charge in [-0.05, 0) is 37.8 Å². The van der Waals surface area contributed by atoms with E-state index in [1.165, 1.54) is 25.0 Å². The fraction of sp³-hybridized carbons (Fsp3) is 1.00. The third-order valence-electron chi connectivity index (χ3n) is 2.13. The van der Waals surface area contributed by atoms with Crippen LogP contribution in [0.3, 0.4) is 0 Å². The Kier molecular flexibility index (Phi) is 4.04. The number of hydrogen-bond acceptors (Lipinski definition) is 2.